The molecule has 0 spiro atoms. The molecule has 0 radical (unpaired) electrons. The van der Waals surface area contributed by atoms with E-state index in [9.17, 15) is 21.6 Å². The van der Waals surface area contributed by atoms with Gasteiger partial charge in [0.2, 0.25) is 0 Å². The van der Waals surface area contributed by atoms with Crippen molar-refractivity contribution in [3.8, 4) is 0 Å². The van der Waals surface area contributed by atoms with E-state index in [0.717, 1.165) is 5.56 Å². The van der Waals surface area contributed by atoms with Crippen LogP contribution in [0.2, 0.25) is 10.0 Å². The van der Waals surface area contributed by atoms with Gasteiger partial charge in [0.25, 0.3) is 20.0 Å². The van der Waals surface area contributed by atoms with Gasteiger partial charge >= 0.3 is 6.09 Å². The fourth-order valence-electron chi connectivity index (χ4n) is 5.24. The molecule has 0 aliphatic heterocycles. The van der Waals surface area contributed by atoms with E-state index in [1.807, 2.05) is 0 Å². The van der Waals surface area contributed by atoms with Crippen LogP contribution in [0, 0.1) is 0 Å². The molecule has 0 fully saturated rings. The third-order valence-corrected chi connectivity index (χ3v) is 11.8. The van der Waals surface area contributed by atoms with Gasteiger partial charge in [0.1, 0.15) is 15.4 Å². The monoisotopic (exact) mass is 806 g/mol. The highest BCUT2D eigenvalue weighted by Crippen LogP contribution is 2.30. The maximum absolute atomic E-state index is 13.2. The Bertz CT molecular complexity index is 2430. The van der Waals surface area contributed by atoms with E-state index >= 15 is 0 Å². The number of amides is 1. The van der Waals surface area contributed by atoms with Gasteiger partial charge in [-0.25, -0.2) is 29.6 Å². The van der Waals surface area contributed by atoms with Crippen LogP contribution in [-0.4, -0.2) is 59.5 Å². The number of alkyl carbamates (subject to hydrolysis) is 1. The van der Waals surface area contributed by atoms with Gasteiger partial charge in [-0.15, -0.1) is 12.4 Å². The average Bonchev–Trinajstić information content (AvgIpc) is 3.64. The molecule has 2 aromatic carbocycles. The number of ether oxygens (including phenoxy) is 1. The molecule has 6 rings (SSSR count). The van der Waals surface area contributed by atoms with Crippen molar-refractivity contribution < 1.29 is 26.4 Å². The van der Waals surface area contributed by atoms with Crippen molar-refractivity contribution in [3.05, 3.63) is 119 Å². The molecule has 4 aromatic heterocycles. The van der Waals surface area contributed by atoms with Crippen molar-refractivity contribution in [1.82, 2.24) is 23.2 Å². The molecule has 0 unspecified atom stereocenters. The van der Waals surface area contributed by atoms with Crippen molar-refractivity contribution in [2.45, 2.75) is 49.0 Å². The number of rotatable bonds is 9. The van der Waals surface area contributed by atoms with Crippen molar-refractivity contribution in [2.75, 3.05) is 13.1 Å². The molecule has 0 atom stereocenters. The Morgan fingerprint density at radius 3 is 1.62 bits per heavy atom. The Morgan fingerprint density at radius 1 is 0.750 bits per heavy atom. The number of hydrogen-bond acceptors (Lipinski definition) is 9. The Hall–Kier alpha value is -4.18. The van der Waals surface area contributed by atoms with Gasteiger partial charge in [0.05, 0.1) is 32.1 Å². The molecule has 0 aliphatic carbocycles. The number of carbonyl (C=O) groups excluding carboxylic acids is 1. The molecule has 0 bridgehead atoms. The van der Waals surface area contributed by atoms with Crippen LogP contribution in [0.3, 0.4) is 0 Å². The van der Waals surface area contributed by atoms with Gasteiger partial charge in [-0.1, -0.05) is 47.5 Å². The molecule has 0 aliphatic rings. The number of nitrogens with two attached hydrogens (primary N) is 1. The summed E-state index contributed by atoms with van der Waals surface area (Å²) in [5.41, 5.74) is 8.65. The van der Waals surface area contributed by atoms with Crippen molar-refractivity contribution in [1.29, 1.82) is 0 Å². The van der Waals surface area contributed by atoms with Crippen molar-refractivity contribution in [2.24, 2.45) is 5.73 Å². The van der Waals surface area contributed by atoms with Gasteiger partial charge in [-0.05, 0) is 99.8 Å². The third-order valence-electron chi connectivity index (χ3n) is 7.43. The third kappa shape index (κ3) is 8.88. The first kappa shape index (κ1) is 40.6. The standard InChI is InChI=1S/C20H22ClN3O4S.C15H14ClN3O2S.ClH/c1-20(2,3)28-19(25)23-12-10-14-13-24(16-8-6-11-22-18(14)16)29(26,27)17-9-5-4-7-15(17)21;16-12-4-1-2-6-14(12)22(20,21)19-10-11(7-8-17)15-13(19)5-3-9-18-15;/h4-9,11,13H,10,12H2,1-3H3,(H,23,25);1-6,9-10H,7-8,17H2;1H. The molecule has 3 N–H and O–H groups in total. The molecule has 12 nitrogen and oxygen atoms in total. The minimum absolute atomic E-state index is 0. The van der Waals surface area contributed by atoms with Gasteiger partial charge in [0, 0.05) is 31.3 Å². The summed E-state index contributed by atoms with van der Waals surface area (Å²) in [6.45, 7) is 6.04. The maximum Gasteiger partial charge on any atom is 0.407 e. The normalized spacial score (nSPS) is 11.8. The predicted octanol–water partition coefficient (Wildman–Crippen LogP) is 6.84. The van der Waals surface area contributed by atoms with Gasteiger partial charge < -0.3 is 15.8 Å². The number of fused-ring (bicyclic) bond motifs is 2. The second-order valence-corrected chi connectivity index (χ2v) is 16.6. The first-order chi connectivity index (χ1) is 24.1. The first-order valence-electron chi connectivity index (χ1n) is 15.7. The summed E-state index contributed by atoms with van der Waals surface area (Å²) in [4.78, 5) is 20.5. The average molecular weight is 808 g/mol. The summed E-state index contributed by atoms with van der Waals surface area (Å²) >= 11 is 12.2. The summed E-state index contributed by atoms with van der Waals surface area (Å²) in [7, 11) is -7.70. The van der Waals surface area contributed by atoms with Crippen LogP contribution in [0.1, 0.15) is 31.9 Å². The number of nitrogens with one attached hydrogen (secondary N) is 1. The Morgan fingerprint density at radius 2 is 1.19 bits per heavy atom. The number of pyridine rings is 2. The Labute approximate surface area is 318 Å². The molecular formula is C35H37Cl3N6O6S2. The van der Waals surface area contributed by atoms with E-state index in [1.54, 1.807) is 94.0 Å². The van der Waals surface area contributed by atoms with Crippen LogP contribution in [0.4, 0.5) is 4.79 Å². The molecular weight excluding hydrogens is 771 g/mol. The molecule has 1 amide bonds. The Kier molecular flexibility index (Phi) is 13.0. The van der Waals surface area contributed by atoms with E-state index in [1.165, 1.54) is 32.3 Å². The van der Waals surface area contributed by atoms with Gasteiger partial charge in [-0.2, -0.15) is 0 Å². The van der Waals surface area contributed by atoms with E-state index < -0.39 is 31.7 Å². The largest absolute Gasteiger partial charge is 0.444 e. The quantitative estimate of drug-likeness (QED) is 0.159. The summed E-state index contributed by atoms with van der Waals surface area (Å²) in [6.07, 6.45) is 6.74. The second-order valence-electron chi connectivity index (χ2n) is 12.2. The lowest BCUT2D eigenvalue weighted by Gasteiger charge is -2.19. The van der Waals surface area contributed by atoms with Crippen LogP contribution < -0.4 is 11.1 Å². The summed E-state index contributed by atoms with van der Waals surface area (Å²) in [6, 6.07) is 19.4. The summed E-state index contributed by atoms with van der Waals surface area (Å²) < 4.78 is 59.8. The molecule has 6 aromatic rings. The smallest absolute Gasteiger partial charge is 0.407 e. The van der Waals surface area contributed by atoms with Crippen LogP contribution >= 0.6 is 35.6 Å². The lowest BCUT2D eigenvalue weighted by atomic mass is 10.2. The number of benzene rings is 2. The van der Waals surface area contributed by atoms with E-state index in [0.29, 0.717) is 47.0 Å². The van der Waals surface area contributed by atoms with Gasteiger partial charge in [-0.3, -0.25) is 9.97 Å². The topological polar surface area (TPSA) is 168 Å². The maximum atomic E-state index is 13.2. The van der Waals surface area contributed by atoms with Crippen LogP contribution in [0.5, 0.6) is 0 Å². The number of hydrogen-bond donors (Lipinski definition) is 2. The molecule has 52 heavy (non-hydrogen) atoms. The van der Waals surface area contributed by atoms with Crippen molar-refractivity contribution >= 4 is 83.8 Å². The van der Waals surface area contributed by atoms with E-state index in [-0.39, 0.29) is 38.8 Å². The fourth-order valence-corrected chi connectivity index (χ4v) is 9.00. The molecule has 276 valence electrons. The highest BCUT2D eigenvalue weighted by molar-refractivity contribution is 7.90. The lowest BCUT2D eigenvalue weighted by molar-refractivity contribution is 0.0528. The van der Waals surface area contributed by atoms with E-state index in [4.69, 9.17) is 33.7 Å². The highest BCUT2D eigenvalue weighted by Gasteiger charge is 2.25. The number of halogens is 3. The highest BCUT2D eigenvalue weighted by atomic mass is 35.5. The van der Waals surface area contributed by atoms with E-state index in [2.05, 4.69) is 15.3 Å². The second kappa shape index (κ2) is 16.7. The number of nitrogens with zero attached hydrogens (tertiary/aromatic N) is 4. The van der Waals surface area contributed by atoms with Crippen LogP contribution in [0.15, 0.2) is 107 Å². The zero-order chi connectivity index (χ0) is 37.0. The van der Waals surface area contributed by atoms with Crippen molar-refractivity contribution in [3.63, 3.8) is 0 Å². The SMILES string of the molecule is CC(C)(C)OC(=O)NCCc1cn(S(=O)(=O)c2ccccc2Cl)c2cccnc12.Cl.NCCc1cn(S(=O)(=O)c2ccccc2Cl)c2cccnc12. The summed E-state index contributed by atoms with van der Waals surface area (Å²) in [5.74, 6) is 0. The van der Waals surface area contributed by atoms with Crippen LogP contribution in [-0.2, 0) is 37.6 Å². The number of carbonyl (C=O) groups is 1. The first-order valence-corrected chi connectivity index (χ1v) is 19.4. The minimum Gasteiger partial charge on any atom is -0.444 e. The zero-order valence-electron chi connectivity index (χ0n) is 28.4. The molecule has 4 heterocycles. The fraction of sp³-hybridized carbons (Fsp3) is 0.229. The number of aromatic nitrogens is 4. The van der Waals surface area contributed by atoms with Gasteiger partial charge in [0.15, 0.2) is 0 Å². The predicted molar refractivity (Wildman–Crippen MR) is 205 cm³/mol. The molecule has 0 saturated heterocycles. The molecule has 0 saturated carbocycles. The zero-order valence-corrected chi connectivity index (χ0v) is 32.3. The molecule has 17 heteroatoms. The Balaban J connectivity index is 0.000000236. The summed E-state index contributed by atoms with van der Waals surface area (Å²) in [5, 5.41) is 3.01. The minimum atomic E-state index is -3.91. The lowest BCUT2D eigenvalue weighted by Crippen LogP contribution is -2.33. The van der Waals surface area contributed by atoms with Crippen LogP contribution in [0.25, 0.3) is 22.1 Å².